The highest BCUT2D eigenvalue weighted by molar-refractivity contribution is 5.78. The number of amides is 1. The second kappa shape index (κ2) is 8.43. The maximum absolute atomic E-state index is 12.7. The van der Waals surface area contributed by atoms with Gasteiger partial charge >= 0.3 is 0 Å². The summed E-state index contributed by atoms with van der Waals surface area (Å²) >= 11 is 0. The van der Waals surface area contributed by atoms with Crippen LogP contribution in [0.4, 0.5) is 0 Å². The average Bonchev–Trinajstić information content (AvgIpc) is 2.69. The molecule has 1 atom stereocenters. The van der Waals surface area contributed by atoms with Crippen LogP contribution < -0.4 is 4.57 Å². The monoisotopic (exact) mass is 345 g/mol. The molecule has 1 heterocycles. The third kappa shape index (κ3) is 4.57. The van der Waals surface area contributed by atoms with Gasteiger partial charge in [-0.25, -0.2) is 0 Å². The van der Waals surface area contributed by atoms with E-state index in [1.807, 2.05) is 67.3 Å². The first-order chi connectivity index (χ1) is 12.6. The van der Waals surface area contributed by atoms with Crippen LogP contribution in [0.1, 0.15) is 29.7 Å². The molecule has 132 valence electrons. The van der Waals surface area contributed by atoms with Gasteiger partial charge in [0.2, 0.25) is 6.04 Å². The molecule has 1 amide bonds. The lowest BCUT2D eigenvalue weighted by Crippen LogP contribution is -2.46. The van der Waals surface area contributed by atoms with Crippen LogP contribution in [0.2, 0.25) is 0 Å². The molecular formula is C23H25N2O+. The van der Waals surface area contributed by atoms with E-state index in [2.05, 4.69) is 36.4 Å². The van der Waals surface area contributed by atoms with E-state index in [0.29, 0.717) is 6.54 Å². The van der Waals surface area contributed by atoms with Crippen molar-refractivity contribution in [1.82, 2.24) is 4.90 Å². The predicted octanol–water partition coefficient (Wildman–Crippen LogP) is 3.78. The number of nitrogens with zero attached hydrogens (tertiary/aromatic N) is 2. The molecule has 0 fully saturated rings. The van der Waals surface area contributed by atoms with Gasteiger partial charge in [0.25, 0.3) is 5.91 Å². The molecule has 3 rings (SSSR count). The Labute approximate surface area is 155 Å². The number of rotatable bonds is 6. The van der Waals surface area contributed by atoms with Crippen LogP contribution in [0.15, 0.2) is 85.2 Å². The van der Waals surface area contributed by atoms with Crippen molar-refractivity contribution in [2.24, 2.45) is 0 Å². The number of hydrogen-bond donors (Lipinski definition) is 0. The number of hydrogen-bond acceptors (Lipinski definition) is 1. The van der Waals surface area contributed by atoms with Crippen LogP contribution in [0.25, 0.3) is 0 Å². The van der Waals surface area contributed by atoms with Gasteiger partial charge in [-0.05, 0) is 23.1 Å². The molecule has 0 unspecified atom stereocenters. The van der Waals surface area contributed by atoms with E-state index in [0.717, 1.165) is 12.0 Å². The molecule has 0 N–H and O–H groups in total. The molecule has 0 spiro atoms. The first kappa shape index (κ1) is 17.9. The van der Waals surface area contributed by atoms with Crippen molar-refractivity contribution in [1.29, 1.82) is 0 Å². The number of aromatic nitrogens is 1. The van der Waals surface area contributed by atoms with Crippen molar-refractivity contribution in [3.63, 3.8) is 0 Å². The summed E-state index contributed by atoms with van der Waals surface area (Å²) in [5.41, 5.74) is 3.67. The van der Waals surface area contributed by atoms with Crippen LogP contribution in [0, 0.1) is 0 Å². The third-order valence-corrected chi connectivity index (χ3v) is 4.62. The van der Waals surface area contributed by atoms with E-state index < -0.39 is 0 Å². The Hall–Kier alpha value is -2.94. The van der Waals surface area contributed by atoms with Gasteiger partial charge in [0.15, 0.2) is 12.4 Å². The standard InChI is InChI=1S/C23H25N2O/c1-19(23(26)24(2)18-22-11-7-4-8-12-22)25-15-13-21(14-16-25)17-20-9-5-3-6-10-20/h3-16,19H,17-18H2,1-2H3/q+1/t19-/m1/s1. The number of benzene rings is 2. The van der Waals surface area contributed by atoms with Gasteiger partial charge in [0.1, 0.15) is 0 Å². The highest BCUT2D eigenvalue weighted by Crippen LogP contribution is 2.10. The lowest BCUT2D eigenvalue weighted by molar-refractivity contribution is -0.706. The van der Waals surface area contributed by atoms with Gasteiger partial charge < -0.3 is 4.90 Å². The molecule has 2 aromatic carbocycles. The molecule has 3 aromatic rings. The summed E-state index contributed by atoms with van der Waals surface area (Å²) in [4.78, 5) is 14.5. The summed E-state index contributed by atoms with van der Waals surface area (Å²) < 4.78 is 1.97. The lowest BCUT2D eigenvalue weighted by atomic mass is 10.1. The number of carbonyl (C=O) groups is 1. The molecular weight excluding hydrogens is 320 g/mol. The second-order valence-electron chi connectivity index (χ2n) is 6.67. The van der Waals surface area contributed by atoms with Crippen LogP contribution in [-0.4, -0.2) is 17.9 Å². The lowest BCUT2D eigenvalue weighted by Gasteiger charge is -2.19. The first-order valence-electron chi connectivity index (χ1n) is 8.96. The van der Waals surface area contributed by atoms with Gasteiger partial charge in [0, 0.05) is 32.6 Å². The van der Waals surface area contributed by atoms with Crippen LogP contribution in [0.3, 0.4) is 0 Å². The van der Waals surface area contributed by atoms with Gasteiger partial charge in [-0.2, -0.15) is 4.57 Å². The Morgan fingerprint density at radius 2 is 1.35 bits per heavy atom. The zero-order valence-corrected chi connectivity index (χ0v) is 15.4. The van der Waals surface area contributed by atoms with E-state index in [-0.39, 0.29) is 11.9 Å². The molecule has 3 heteroatoms. The molecule has 3 nitrogen and oxygen atoms in total. The smallest absolute Gasteiger partial charge is 0.291 e. The van der Waals surface area contributed by atoms with E-state index >= 15 is 0 Å². The molecule has 0 saturated carbocycles. The summed E-state index contributed by atoms with van der Waals surface area (Å²) in [7, 11) is 1.86. The van der Waals surface area contributed by atoms with Crippen molar-refractivity contribution in [3.8, 4) is 0 Å². The first-order valence-corrected chi connectivity index (χ1v) is 8.96. The summed E-state index contributed by atoms with van der Waals surface area (Å²) in [5, 5.41) is 0. The second-order valence-corrected chi connectivity index (χ2v) is 6.67. The minimum absolute atomic E-state index is 0.106. The Morgan fingerprint density at radius 3 is 1.92 bits per heavy atom. The predicted molar refractivity (Wildman–Crippen MR) is 104 cm³/mol. The SMILES string of the molecule is C[C@H](C(=O)N(C)Cc1ccccc1)[n+]1ccc(Cc2ccccc2)cc1. The topological polar surface area (TPSA) is 24.2 Å². The quantitative estimate of drug-likeness (QED) is 0.624. The minimum atomic E-state index is -0.227. The molecule has 0 aliphatic carbocycles. The van der Waals surface area contributed by atoms with Gasteiger partial charge in [-0.3, -0.25) is 4.79 Å². The van der Waals surface area contributed by atoms with E-state index in [1.54, 1.807) is 4.90 Å². The van der Waals surface area contributed by atoms with E-state index in [4.69, 9.17) is 0 Å². The number of pyridine rings is 1. The molecule has 1 aromatic heterocycles. The van der Waals surface area contributed by atoms with E-state index in [9.17, 15) is 4.79 Å². The molecule has 0 radical (unpaired) electrons. The summed E-state index contributed by atoms with van der Waals surface area (Å²) in [6.07, 6.45) is 4.90. The normalized spacial score (nSPS) is 11.8. The van der Waals surface area contributed by atoms with Crippen LogP contribution in [0.5, 0.6) is 0 Å². The number of carbonyl (C=O) groups excluding carboxylic acids is 1. The van der Waals surface area contributed by atoms with Crippen molar-refractivity contribution >= 4 is 5.91 Å². The molecule has 26 heavy (non-hydrogen) atoms. The van der Waals surface area contributed by atoms with Crippen molar-refractivity contribution in [2.45, 2.75) is 25.9 Å². The Morgan fingerprint density at radius 1 is 0.846 bits per heavy atom. The fraction of sp³-hybridized carbons (Fsp3) is 0.217. The van der Waals surface area contributed by atoms with Gasteiger partial charge in [-0.1, -0.05) is 60.7 Å². The minimum Gasteiger partial charge on any atom is -0.336 e. The third-order valence-electron chi connectivity index (χ3n) is 4.62. The maximum atomic E-state index is 12.7. The molecule has 0 saturated heterocycles. The van der Waals surface area contributed by atoms with Crippen LogP contribution in [-0.2, 0) is 17.8 Å². The summed E-state index contributed by atoms with van der Waals surface area (Å²) in [5.74, 6) is 0.106. The summed E-state index contributed by atoms with van der Waals surface area (Å²) in [6, 6.07) is 24.4. The van der Waals surface area contributed by atoms with Crippen LogP contribution >= 0.6 is 0 Å². The Balaban J connectivity index is 1.63. The fourth-order valence-electron chi connectivity index (χ4n) is 3.06. The molecule has 0 aliphatic heterocycles. The Bertz CT molecular complexity index is 829. The van der Waals surface area contributed by atoms with E-state index in [1.165, 1.54) is 11.1 Å². The average molecular weight is 345 g/mol. The van der Waals surface area contributed by atoms with Gasteiger partial charge in [0.05, 0.1) is 0 Å². The van der Waals surface area contributed by atoms with Crippen molar-refractivity contribution in [2.75, 3.05) is 7.05 Å². The zero-order valence-electron chi connectivity index (χ0n) is 15.4. The van der Waals surface area contributed by atoms with Crippen molar-refractivity contribution < 1.29 is 9.36 Å². The molecule has 0 aliphatic rings. The molecule has 0 bridgehead atoms. The Kier molecular flexibility index (Phi) is 5.80. The fourth-order valence-corrected chi connectivity index (χ4v) is 3.06. The summed E-state index contributed by atoms with van der Waals surface area (Å²) in [6.45, 7) is 2.57. The maximum Gasteiger partial charge on any atom is 0.291 e. The highest BCUT2D eigenvalue weighted by atomic mass is 16.2. The highest BCUT2D eigenvalue weighted by Gasteiger charge is 2.25. The number of likely N-dealkylation sites (N-methyl/N-ethyl adjacent to an activating group) is 1. The van der Waals surface area contributed by atoms with Crippen molar-refractivity contribution in [3.05, 3.63) is 102 Å². The largest absolute Gasteiger partial charge is 0.336 e. The van der Waals surface area contributed by atoms with Gasteiger partial charge in [-0.15, -0.1) is 0 Å². The zero-order chi connectivity index (χ0) is 18.4.